The molecule has 0 fully saturated rings. The Morgan fingerprint density at radius 1 is 1.47 bits per heavy atom. The number of aromatic nitrogens is 2. The average molecular weight is 244 g/mol. The smallest absolute Gasteiger partial charge is 0.379 e. The van der Waals surface area contributed by atoms with Crippen LogP contribution >= 0.6 is 0 Å². The monoisotopic (exact) mass is 244 g/mol. The minimum atomic E-state index is -4.26. The molecule has 17 heavy (non-hydrogen) atoms. The lowest BCUT2D eigenvalue weighted by atomic mass is 10.1. The molecule has 0 amide bonds. The normalized spacial score (nSPS) is 12.0. The van der Waals surface area contributed by atoms with Gasteiger partial charge in [-0.05, 0) is 6.07 Å². The number of carboxylic acid groups (broad SMARTS) is 1. The van der Waals surface area contributed by atoms with Crippen LogP contribution in [-0.2, 0) is 17.8 Å². The van der Waals surface area contributed by atoms with E-state index in [1.54, 1.807) is 7.05 Å². The van der Waals surface area contributed by atoms with Gasteiger partial charge in [0.2, 0.25) is 0 Å². The van der Waals surface area contributed by atoms with Gasteiger partial charge in [-0.1, -0.05) is 0 Å². The van der Waals surface area contributed by atoms with E-state index in [1.165, 1.54) is 10.9 Å². The zero-order valence-corrected chi connectivity index (χ0v) is 8.62. The summed E-state index contributed by atoms with van der Waals surface area (Å²) < 4.78 is 41.1. The van der Waals surface area contributed by atoms with Gasteiger partial charge in [0.15, 0.2) is 0 Å². The molecule has 0 aliphatic heterocycles. The first kappa shape index (κ1) is 11.4. The molecule has 2 rings (SSSR count). The van der Waals surface area contributed by atoms with Crippen LogP contribution in [0.5, 0.6) is 0 Å². The second-order valence-electron chi connectivity index (χ2n) is 3.57. The molecule has 0 saturated carbocycles. The van der Waals surface area contributed by atoms with Crippen LogP contribution < -0.4 is 0 Å². The molecule has 0 unspecified atom stereocenters. The summed E-state index contributed by atoms with van der Waals surface area (Å²) in [5, 5.41) is 12.4. The highest BCUT2D eigenvalue weighted by Gasteiger charge is 2.43. The van der Waals surface area contributed by atoms with Gasteiger partial charge < -0.3 is 5.11 Å². The summed E-state index contributed by atoms with van der Waals surface area (Å²) >= 11 is 0. The molecule has 1 heterocycles. The van der Waals surface area contributed by atoms with E-state index < -0.39 is 23.3 Å². The number of nitrogens with zero attached hydrogens (tertiary/aromatic N) is 2. The summed E-state index contributed by atoms with van der Waals surface area (Å²) in [4.78, 5) is 10.4. The number of fused-ring (bicyclic) bond motifs is 1. The molecule has 4 nitrogen and oxygen atoms in total. The Balaban J connectivity index is 2.69. The van der Waals surface area contributed by atoms with Crippen molar-refractivity contribution in [3.05, 3.63) is 29.7 Å². The summed E-state index contributed by atoms with van der Waals surface area (Å²) in [5.41, 5.74) is -0.972. The van der Waals surface area contributed by atoms with Crippen molar-refractivity contribution in [1.29, 1.82) is 0 Å². The van der Waals surface area contributed by atoms with Crippen molar-refractivity contribution in [3.63, 3.8) is 0 Å². The number of alkyl halides is 2. The summed E-state index contributed by atoms with van der Waals surface area (Å²) in [6, 6.07) is 1.59. The van der Waals surface area contributed by atoms with Crippen molar-refractivity contribution in [2.45, 2.75) is 5.92 Å². The molecule has 1 aromatic heterocycles. The molecular weight excluding hydrogens is 237 g/mol. The van der Waals surface area contributed by atoms with Crippen LogP contribution in [0.25, 0.3) is 10.9 Å². The van der Waals surface area contributed by atoms with E-state index in [0.717, 1.165) is 12.1 Å². The first-order chi connectivity index (χ1) is 7.82. The van der Waals surface area contributed by atoms with Gasteiger partial charge in [-0.15, -0.1) is 0 Å². The third kappa shape index (κ3) is 1.73. The minimum absolute atomic E-state index is 0.190. The molecule has 0 saturated heterocycles. The van der Waals surface area contributed by atoms with Gasteiger partial charge in [-0.3, -0.25) is 4.68 Å². The predicted molar refractivity (Wildman–Crippen MR) is 52.2 cm³/mol. The molecule has 0 aliphatic carbocycles. The highest BCUT2D eigenvalue weighted by molar-refractivity contribution is 5.83. The van der Waals surface area contributed by atoms with Gasteiger partial charge in [0.05, 0.1) is 11.1 Å². The van der Waals surface area contributed by atoms with Crippen molar-refractivity contribution in [2.24, 2.45) is 7.05 Å². The zero-order chi connectivity index (χ0) is 12.8. The topological polar surface area (TPSA) is 55.1 Å². The van der Waals surface area contributed by atoms with Crippen molar-refractivity contribution < 1.29 is 23.1 Å². The molecule has 0 radical (unpaired) electrons. The predicted octanol–water partition coefficient (Wildman–Crippen LogP) is 1.89. The number of hydrogen-bond acceptors (Lipinski definition) is 2. The van der Waals surface area contributed by atoms with Crippen LogP contribution in [0.4, 0.5) is 13.2 Å². The van der Waals surface area contributed by atoms with Gasteiger partial charge in [-0.25, -0.2) is 9.18 Å². The molecule has 0 spiro atoms. The van der Waals surface area contributed by atoms with E-state index in [-0.39, 0.29) is 10.9 Å². The van der Waals surface area contributed by atoms with Gasteiger partial charge in [0.1, 0.15) is 5.82 Å². The maximum Gasteiger partial charge on any atom is 0.379 e. The number of aryl methyl sites for hydroxylation is 1. The Morgan fingerprint density at radius 2 is 2.12 bits per heavy atom. The number of aliphatic carboxylic acids is 1. The van der Waals surface area contributed by atoms with Gasteiger partial charge >= 0.3 is 11.9 Å². The van der Waals surface area contributed by atoms with Gasteiger partial charge in [0, 0.05) is 24.7 Å². The number of rotatable bonds is 2. The van der Waals surface area contributed by atoms with Crippen LogP contribution in [0.2, 0.25) is 0 Å². The number of halogens is 3. The quantitative estimate of drug-likeness (QED) is 0.877. The Hall–Kier alpha value is -2.05. The molecule has 0 bridgehead atoms. The lowest BCUT2D eigenvalue weighted by Crippen LogP contribution is -2.26. The summed E-state index contributed by atoms with van der Waals surface area (Å²) in [6.45, 7) is 0. The SMILES string of the molecule is Cn1cc2cc(C(F)(F)C(=O)O)c(F)cc2n1. The zero-order valence-electron chi connectivity index (χ0n) is 8.62. The molecule has 90 valence electrons. The maximum atomic E-state index is 13.4. The molecule has 1 aromatic carbocycles. The number of hydrogen-bond donors (Lipinski definition) is 1. The molecule has 2 aromatic rings. The Morgan fingerprint density at radius 3 is 2.71 bits per heavy atom. The van der Waals surface area contributed by atoms with Crippen LogP contribution in [0, 0.1) is 5.82 Å². The van der Waals surface area contributed by atoms with Crippen molar-refractivity contribution >= 4 is 16.9 Å². The highest BCUT2D eigenvalue weighted by Crippen LogP contribution is 2.32. The number of carbonyl (C=O) groups is 1. The standard InChI is InChI=1S/C10H7F3N2O2/c1-15-4-5-2-6(10(12,13)9(16)17)7(11)3-8(5)14-15/h2-4H,1H3,(H,16,17). The second kappa shape index (κ2) is 3.47. The van der Waals surface area contributed by atoms with Crippen LogP contribution in [-0.4, -0.2) is 20.9 Å². The molecule has 0 atom stereocenters. The third-order valence-corrected chi connectivity index (χ3v) is 2.31. The van der Waals surface area contributed by atoms with Crippen molar-refractivity contribution in [3.8, 4) is 0 Å². The van der Waals surface area contributed by atoms with Crippen LogP contribution in [0.1, 0.15) is 5.56 Å². The third-order valence-electron chi connectivity index (χ3n) is 2.31. The van der Waals surface area contributed by atoms with Crippen LogP contribution in [0.3, 0.4) is 0 Å². The molecule has 7 heteroatoms. The van der Waals surface area contributed by atoms with Gasteiger partial charge in [-0.2, -0.15) is 13.9 Å². The first-order valence-corrected chi connectivity index (χ1v) is 4.57. The van der Waals surface area contributed by atoms with E-state index in [4.69, 9.17) is 5.11 Å². The van der Waals surface area contributed by atoms with E-state index in [1.807, 2.05) is 0 Å². The van der Waals surface area contributed by atoms with E-state index in [0.29, 0.717) is 0 Å². The molecule has 0 aliphatic rings. The molecular formula is C10H7F3N2O2. The summed E-state index contributed by atoms with van der Waals surface area (Å²) in [7, 11) is 1.55. The number of carboxylic acids is 1. The van der Waals surface area contributed by atoms with Crippen molar-refractivity contribution in [1.82, 2.24) is 9.78 Å². The largest absolute Gasteiger partial charge is 0.477 e. The second-order valence-corrected chi connectivity index (χ2v) is 3.57. The molecule has 1 N–H and O–H groups in total. The fraction of sp³-hybridized carbons (Fsp3) is 0.200. The highest BCUT2D eigenvalue weighted by atomic mass is 19.3. The van der Waals surface area contributed by atoms with E-state index >= 15 is 0 Å². The maximum absolute atomic E-state index is 13.4. The van der Waals surface area contributed by atoms with E-state index in [9.17, 15) is 18.0 Å². The Bertz CT molecular complexity index is 607. The lowest BCUT2D eigenvalue weighted by Gasteiger charge is -2.11. The number of benzene rings is 1. The first-order valence-electron chi connectivity index (χ1n) is 4.57. The fourth-order valence-corrected chi connectivity index (χ4v) is 1.53. The minimum Gasteiger partial charge on any atom is -0.477 e. The van der Waals surface area contributed by atoms with Gasteiger partial charge in [0.25, 0.3) is 0 Å². The summed E-state index contributed by atoms with van der Waals surface area (Å²) in [6.07, 6.45) is 1.40. The average Bonchev–Trinajstić information content (AvgIpc) is 2.55. The summed E-state index contributed by atoms with van der Waals surface area (Å²) in [5.74, 6) is -7.93. The van der Waals surface area contributed by atoms with E-state index in [2.05, 4.69) is 5.10 Å². The van der Waals surface area contributed by atoms with Crippen LogP contribution in [0.15, 0.2) is 18.3 Å². The Labute approximate surface area is 93.3 Å². The Kier molecular flexibility index (Phi) is 2.34. The fourth-order valence-electron chi connectivity index (χ4n) is 1.53. The lowest BCUT2D eigenvalue weighted by molar-refractivity contribution is -0.166. The van der Waals surface area contributed by atoms with Crippen molar-refractivity contribution in [2.75, 3.05) is 0 Å².